The number of allylic oxidation sites excluding steroid dienone is 4. The highest BCUT2D eigenvalue weighted by Gasteiger charge is 2.24. The standard InChI is InChI=1S/C68H53N3/c1-68(2,3)57-37-33-51(34-38-57)59-44-56(63-45-62(52-27-17-8-18-28-52)69-67(70-63)53-31-29-49(30-32-53)46-19-9-4-10-20-46)43-58(50-25-15-7-16-26-50)66(59)71-64-39-35-54(47-21-11-5-12-22-47)41-60(64)61-42-55(36-40-65(61)71)48-23-13-6-14-24-48/h4-19,21-46H,20H2,1-3H3/t46-/m1/s1. The predicted molar refractivity (Wildman–Crippen MR) is 299 cm³/mol. The summed E-state index contributed by atoms with van der Waals surface area (Å²) in [5.74, 6) is 1.05. The molecule has 0 fully saturated rings. The fourth-order valence-corrected chi connectivity index (χ4v) is 10.3. The second-order valence-electron chi connectivity index (χ2n) is 19.7. The topological polar surface area (TPSA) is 30.7 Å². The largest absolute Gasteiger partial charge is 0.308 e. The number of benzene rings is 9. The molecule has 1 aliphatic rings. The van der Waals surface area contributed by atoms with Gasteiger partial charge in [0, 0.05) is 44.5 Å². The van der Waals surface area contributed by atoms with Gasteiger partial charge >= 0.3 is 0 Å². The van der Waals surface area contributed by atoms with Crippen LogP contribution in [0.4, 0.5) is 0 Å². The molecule has 12 rings (SSSR count). The van der Waals surface area contributed by atoms with Gasteiger partial charge in [-0.25, -0.2) is 9.97 Å². The van der Waals surface area contributed by atoms with Gasteiger partial charge in [0.05, 0.1) is 28.1 Å². The Morgan fingerprint density at radius 3 is 1.38 bits per heavy atom. The van der Waals surface area contributed by atoms with Gasteiger partial charge in [0.2, 0.25) is 0 Å². The maximum Gasteiger partial charge on any atom is 0.160 e. The first-order chi connectivity index (χ1) is 34.8. The van der Waals surface area contributed by atoms with Crippen molar-refractivity contribution in [3.8, 4) is 84.1 Å². The van der Waals surface area contributed by atoms with Crippen LogP contribution in [-0.4, -0.2) is 14.5 Å². The third-order valence-electron chi connectivity index (χ3n) is 14.1. The van der Waals surface area contributed by atoms with Crippen molar-refractivity contribution < 1.29 is 0 Å². The Balaban J connectivity index is 1.14. The lowest BCUT2D eigenvalue weighted by atomic mass is 9.85. The van der Waals surface area contributed by atoms with Gasteiger partial charge in [-0.1, -0.05) is 227 Å². The zero-order chi connectivity index (χ0) is 47.9. The van der Waals surface area contributed by atoms with Crippen LogP contribution in [0.1, 0.15) is 44.2 Å². The molecule has 11 aromatic rings. The Bertz CT molecular complexity index is 3670. The molecule has 0 bridgehead atoms. The minimum absolute atomic E-state index is 0.00822. The van der Waals surface area contributed by atoms with Gasteiger partial charge < -0.3 is 4.57 Å². The van der Waals surface area contributed by atoms with E-state index in [-0.39, 0.29) is 5.41 Å². The molecule has 3 heteroatoms. The van der Waals surface area contributed by atoms with E-state index in [0.29, 0.717) is 11.7 Å². The highest BCUT2D eigenvalue weighted by molar-refractivity contribution is 6.13. The second kappa shape index (κ2) is 18.3. The van der Waals surface area contributed by atoms with E-state index in [1.165, 1.54) is 44.2 Å². The Morgan fingerprint density at radius 2 is 0.873 bits per heavy atom. The van der Waals surface area contributed by atoms with E-state index in [2.05, 4.69) is 274 Å². The monoisotopic (exact) mass is 911 g/mol. The Morgan fingerprint density at radius 1 is 0.408 bits per heavy atom. The first-order valence-corrected chi connectivity index (χ1v) is 24.7. The lowest BCUT2D eigenvalue weighted by Gasteiger charge is -2.23. The maximum absolute atomic E-state index is 5.48. The van der Waals surface area contributed by atoms with Crippen molar-refractivity contribution in [2.75, 3.05) is 0 Å². The number of rotatable bonds is 9. The van der Waals surface area contributed by atoms with Crippen molar-refractivity contribution in [3.63, 3.8) is 0 Å². The van der Waals surface area contributed by atoms with Crippen LogP contribution in [-0.2, 0) is 5.41 Å². The molecule has 2 heterocycles. The molecule has 0 spiro atoms. The SMILES string of the molecule is CC(C)(C)c1ccc(-c2cc(-c3cc(-c4ccccc4)nc(-c4ccc([C@@H]5C=CC=CC5)cc4)n3)cc(-c3ccccc3)c2-n2c3ccc(-c4ccccc4)cc3c3cc(-c4ccccc4)ccc32)cc1. The summed E-state index contributed by atoms with van der Waals surface area (Å²) in [7, 11) is 0. The number of hydrogen-bond acceptors (Lipinski definition) is 2. The van der Waals surface area contributed by atoms with E-state index in [4.69, 9.17) is 9.97 Å². The van der Waals surface area contributed by atoms with Gasteiger partial charge in [-0.15, -0.1) is 0 Å². The molecule has 3 nitrogen and oxygen atoms in total. The van der Waals surface area contributed by atoms with Crippen LogP contribution in [0.2, 0.25) is 0 Å². The average Bonchev–Trinajstić information content (AvgIpc) is 3.76. The van der Waals surface area contributed by atoms with E-state index >= 15 is 0 Å². The summed E-state index contributed by atoms with van der Waals surface area (Å²) in [6, 6.07) is 81.8. The molecule has 0 N–H and O–H groups in total. The summed E-state index contributed by atoms with van der Waals surface area (Å²) in [5.41, 5.74) is 20.0. The summed E-state index contributed by atoms with van der Waals surface area (Å²) in [6.07, 6.45) is 9.80. The molecule has 340 valence electrons. The van der Waals surface area contributed by atoms with Crippen molar-refractivity contribution >= 4 is 21.8 Å². The molecule has 1 atom stereocenters. The summed E-state index contributed by atoms with van der Waals surface area (Å²) in [4.78, 5) is 10.8. The van der Waals surface area contributed by atoms with E-state index < -0.39 is 0 Å². The van der Waals surface area contributed by atoms with Gasteiger partial charge in [0.15, 0.2) is 5.82 Å². The molecule has 0 aliphatic heterocycles. The van der Waals surface area contributed by atoms with Crippen LogP contribution >= 0.6 is 0 Å². The summed E-state index contributed by atoms with van der Waals surface area (Å²) in [5, 5.41) is 2.40. The van der Waals surface area contributed by atoms with Crippen LogP contribution in [0.25, 0.3) is 106 Å². The minimum atomic E-state index is -0.00822. The van der Waals surface area contributed by atoms with Crippen molar-refractivity contribution in [2.24, 2.45) is 0 Å². The molecular formula is C68H53N3. The summed E-state index contributed by atoms with van der Waals surface area (Å²) in [6.45, 7) is 6.84. The predicted octanol–water partition coefficient (Wildman–Crippen LogP) is 18.1. The van der Waals surface area contributed by atoms with Crippen LogP contribution in [0, 0.1) is 0 Å². The third kappa shape index (κ3) is 8.51. The normalized spacial score (nSPS) is 13.5. The van der Waals surface area contributed by atoms with Gasteiger partial charge in [-0.3, -0.25) is 0 Å². The van der Waals surface area contributed by atoms with E-state index in [1.807, 2.05) is 0 Å². The summed E-state index contributed by atoms with van der Waals surface area (Å²) < 4.78 is 2.52. The average molecular weight is 912 g/mol. The van der Waals surface area contributed by atoms with Gasteiger partial charge in [-0.2, -0.15) is 0 Å². The van der Waals surface area contributed by atoms with Crippen molar-refractivity contribution in [3.05, 3.63) is 260 Å². The molecule has 0 saturated heterocycles. The van der Waals surface area contributed by atoms with Crippen LogP contribution in [0.3, 0.4) is 0 Å². The summed E-state index contributed by atoms with van der Waals surface area (Å²) >= 11 is 0. The number of nitrogens with zero attached hydrogens (tertiary/aromatic N) is 3. The van der Waals surface area contributed by atoms with Crippen molar-refractivity contribution in [1.29, 1.82) is 0 Å². The zero-order valence-electron chi connectivity index (χ0n) is 40.3. The van der Waals surface area contributed by atoms with Crippen molar-refractivity contribution in [1.82, 2.24) is 14.5 Å². The van der Waals surface area contributed by atoms with Crippen molar-refractivity contribution in [2.45, 2.75) is 38.5 Å². The number of fused-ring (bicyclic) bond motifs is 3. The van der Waals surface area contributed by atoms with E-state index in [1.54, 1.807) is 0 Å². The second-order valence-corrected chi connectivity index (χ2v) is 19.7. The minimum Gasteiger partial charge on any atom is -0.308 e. The Labute approximate surface area is 416 Å². The fraction of sp³-hybridized carbons (Fsp3) is 0.0882. The van der Waals surface area contributed by atoms with Gasteiger partial charge in [-0.05, 0) is 98.8 Å². The Kier molecular flexibility index (Phi) is 11.3. The molecule has 71 heavy (non-hydrogen) atoms. The van der Waals surface area contributed by atoms with Crippen LogP contribution < -0.4 is 0 Å². The third-order valence-corrected chi connectivity index (χ3v) is 14.1. The smallest absolute Gasteiger partial charge is 0.160 e. The molecule has 0 radical (unpaired) electrons. The molecule has 2 aromatic heterocycles. The van der Waals surface area contributed by atoms with E-state index in [9.17, 15) is 0 Å². The first kappa shape index (κ1) is 43.6. The van der Waals surface area contributed by atoms with Crippen LogP contribution in [0.15, 0.2) is 249 Å². The first-order valence-electron chi connectivity index (χ1n) is 24.7. The van der Waals surface area contributed by atoms with Gasteiger partial charge in [0.25, 0.3) is 0 Å². The molecule has 0 amide bonds. The quantitative estimate of drug-likeness (QED) is 0.144. The molecule has 1 aliphatic carbocycles. The number of hydrogen-bond donors (Lipinski definition) is 0. The van der Waals surface area contributed by atoms with E-state index in [0.717, 1.165) is 73.5 Å². The lowest BCUT2D eigenvalue weighted by molar-refractivity contribution is 0.590. The highest BCUT2D eigenvalue weighted by Crippen LogP contribution is 2.46. The molecule has 0 unspecified atom stereocenters. The maximum atomic E-state index is 5.48. The van der Waals surface area contributed by atoms with Gasteiger partial charge in [0.1, 0.15) is 0 Å². The van der Waals surface area contributed by atoms with Crippen LogP contribution in [0.5, 0.6) is 0 Å². The highest BCUT2D eigenvalue weighted by atomic mass is 15.0. The number of aromatic nitrogens is 3. The molecule has 9 aromatic carbocycles. The molecule has 0 saturated carbocycles. The zero-order valence-corrected chi connectivity index (χ0v) is 40.3. The molecular weight excluding hydrogens is 859 g/mol. The Hall–Kier alpha value is -8.66. The fourth-order valence-electron chi connectivity index (χ4n) is 10.3. The lowest BCUT2D eigenvalue weighted by Crippen LogP contribution is -2.10.